The molecule has 0 saturated heterocycles. The van der Waals surface area contributed by atoms with Gasteiger partial charge in [0.1, 0.15) is 0 Å². The van der Waals surface area contributed by atoms with Gasteiger partial charge in [0.25, 0.3) is 0 Å². The van der Waals surface area contributed by atoms with Gasteiger partial charge in [0.05, 0.1) is 0 Å². The highest BCUT2D eigenvalue weighted by atomic mass is 14.1. The first-order valence-electron chi connectivity index (χ1n) is 3.54. The van der Waals surface area contributed by atoms with E-state index < -0.39 is 0 Å². The van der Waals surface area contributed by atoms with Gasteiger partial charge in [-0.05, 0) is 26.2 Å². The summed E-state index contributed by atoms with van der Waals surface area (Å²) in [6, 6.07) is 0. The van der Waals surface area contributed by atoms with Crippen molar-refractivity contribution in [3.8, 4) is 0 Å². The SMILES string of the molecule is CC1=CC=C(C)[C@H](C)C1. The maximum absolute atomic E-state index is 2.28. The normalized spacial score (nSPS) is 27.2. The summed E-state index contributed by atoms with van der Waals surface area (Å²) in [5.41, 5.74) is 3.02. The maximum Gasteiger partial charge on any atom is -0.0194 e. The lowest BCUT2D eigenvalue weighted by atomic mass is 9.90. The Kier molecular flexibility index (Phi) is 1.75. The zero-order valence-electron chi connectivity index (χ0n) is 6.44. The molecular formula is C9H14. The average molecular weight is 122 g/mol. The fraction of sp³-hybridized carbons (Fsp3) is 0.556. The van der Waals surface area contributed by atoms with E-state index >= 15 is 0 Å². The van der Waals surface area contributed by atoms with E-state index in [4.69, 9.17) is 0 Å². The van der Waals surface area contributed by atoms with E-state index in [1.54, 1.807) is 0 Å². The fourth-order valence-electron chi connectivity index (χ4n) is 1.15. The van der Waals surface area contributed by atoms with Crippen LogP contribution in [0.2, 0.25) is 0 Å². The second kappa shape index (κ2) is 2.38. The topological polar surface area (TPSA) is 0 Å². The first-order chi connectivity index (χ1) is 4.20. The molecule has 0 aromatic heterocycles. The second-order valence-electron chi connectivity index (χ2n) is 3.03. The molecule has 50 valence electrons. The highest BCUT2D eigenvalue weighted by Gasteiger charge is 2.07. The summed E-state index contributed by atoms with van der Waals surface area (Å²) in [7, 11) is 0. The molecule has 1 aliphatic rings. The van der Waals surface area contributed by atoms with Crippen LogP contribution in [0, 0.1) is 5.92 Å². The molecular weight excluding hydrogens is 108 g/mol. The van der Waals surface area contributed by atoms with Gasteiger partial charge in [-0.1, -0.05) is 30.2 Å². The molecule has 0 saturated carbocycles. The highest BCUT2D eigenvalue weighted by molar-refractivity contribution is 5.23. The van der Waals surface area contributed by atoms with Crippen molar-refractivity contribution in [3.05, 3.63) is 23.3 Å². The van der Waals surface area contributed by atoms with Gasteiger partial charge in [-0.2, -0.15) is 0 Å². The summed E-state index contributed by atoms with van der Waals surface area (Å²) >= 11 is 0. The Labute approximate surface area is 57.3 Å². The molecule has 0 heteroatoms. The van der Waals surface area contributed by atoms with Crippen molar-refractivity contribution in [1.82, 2.24) is 0 Å². The fourth-order valence-corrected chi connectivity index (χ4v) is 1.15. The van der Waals surface area contributed by atoms with E-state index in [0.717, 1.165) is 5.92 Å². The van der Waals surface area contributed by atoms with Crippen molar-refractivity contribution in [1.29, 1.82) is 0 Å². The van der Waals surface area contributed by atoms with Crippen LogP contribution >= 0.6 is 0 Å². The van der Waals surface area contributed by atoms with Crippen molar-refractivity contribution < 1.29 is 0 Å². The molecule has 1 atom stereocenters. The lowest BCUT2D eigenvalue weighted by Crippen LogP contribution is -2.00. The summed E-state index contributed by atoms with van der Waals surface area (Å²) in [4.78, 5) is 0. The Hall–Kier alpha value is -0.520. The number of allylic oxidation sites excluding steroid dienone is 4. The van der Waals surface area contributed by atoms with Gasteiger partial charge in [0.15, 0.2) is 0 Å². The quantitative estimate of drug-likeness (QED) is 0.463. The molecule has 0 unspecified atom stereocenters. The second-order valence-corrected chi connectivity index (χ2v) is 3.03. The van der Waals surface area contributed by atoms with Gasteiger partial charge >= 0.3 is 0 Å². The molecule has 0 spiro atoms. The standard InChI is InChI=1S/C9H14/c1-7-4-5-8(2)9(3)6-7/h4-5,9H,6H2,1-3H3/t9-/m1/s1. The van der Waals surface area contributed by atoms with E-state index in [0.29, 0.717) is 0 Å². The van der Waals surface area contributed by atoms with Gasteiger partial charge in [-0.3, -0.25) is 0 Å². The van der Waals surface area contributed by atoms with Crippen molar-refractivity contribution in [3.63, 3.8) is 0 Å². The molecule has 0 fully saturated rings. The molecule has 0 N–H and O–H groups in total. The first-order valence-corrected chi connectivity index (χ1v) is 3.54. The van der Waals surface area contributed by atoms with Crippen LogP contribution in [-0.4, -0.2) is 0 Å². The molecule has 0 bridgehead atoms. The molecule has 0 heterocycles. The van der Waals surface area contributed by atoms with Gasteiger partial charge in [0, 0.05) is 0 Å². The third kappa shape index (κ3) is 1.44. The Balaban J connectivity index is 2.74. The highest BCUT2D eigenvalue weighted by Crippen LogP contribution is 2.23. The summed E-state index contributed by atoms with van der Waals surface area (Å²) in [6.45, 7) is 6.68. The Morgan fingerprint density at radius 2 is 2.00 bits per heavy atom. The first kappa shape index (κ1) is 6.60. The molecule has 9 heavy (non-hydrogen) atoms. The van der Waals surface area contributed by atoms with Crippen LogP contribution in [-0.2, 0) is 0 Å². The van der Waals surface area contributed by atoms with Gasteiger partial charge in [-0.15, -0.1) is 0 Å². The summed E-state index contributed by atoms with van der Waals surface area (Å²) in [5.74, 6) is 0.773. The lowest BCUT2D eigenvalue weighted by molar-refractivity contribution is 0.662. The number of rotatable bonds is 0. The number of hydrogen-bond acceptors (Lipinski definition) is 0. The van der Waals surface area contributed by atoms with Gasteiger partial charge < -0.3 is 0 Å². The minimum atomic E-state index is 0.773. The summed E-state index contributed by atoms with van der Waals surface area (Å²) in [5, 5.41) is 0. The van der Waals surface area contributed by atoms with Gasteiger partial charge in [0.2, 0.25) is 0 Å². The van der Waals surface area contributed by atoms with Crippen LogP contribution in [0.4, 0.5) is 0 Å². The number of hydrogen-bond donors (Lipinski definition) is 0. The summed E-state index contributed by atoms with van der Waals surface area (Å²) < 4.78 is 0. The predicted octanol–water partition coefficient (Wildman–Crippen LogP) is 2.92. The molecule has 0 amide bonds. The van der Waals surface area contributed by atoms with Crippen molar-refractivity contribution in [2.75, 3.05) is 0 Å². The Morgan fingerprint density at radius 1 is 1.33 bits per heavy atom. The molecule has 0 aromatic carbocycles. The molecule has 0 nitrogen and oxygen atoms in total. The molecule has 0 aromatic rings. The third-order valence-corrected chi connectivity index (χ3v) is 2.04. The van der Waals surface area contributed by atoms with Crippen LogP contribution in [0.5, 0.6) is 0 Å². The van der Waals surface area contributed by atoms with Crippen molar-refractivity contribution in [2.24, 2.45) is 5.92 Å². The Morgan fingerprint density at radius 3 is 2.44 bits per heavy atom. The van der Waals surface area contributed by atoms with Crippen LogP contribution in [0.15, 0.2) is 23.3 Å². The monoisotopic (exact) mass is 122 g/mol. The zero-order valence-corrected chi connectivity index (χ0v) is 6.44. The maximum atomic E-state index is 2.28. The van der Waals surface area contributed by atoms with Crippen LogP contribution in [0.1, 0.15) is 27.2 Å². The van der Waals surface area contributed by atoms with E-state index in [-0.39, 0.29) is 0 Å². The minimum absolute atomic E-state index is 0.773. The van der Waals surface area contributed by atoms with Crippen molar-refractivity contribution in [2.45, 2.75) is 27.2 Å². The molecule has 0 aliphatic heterocycles. The minimum Gasteiger partial charge on any atom is -0.0727 e. The van der Waals surface area contributed by atoms with Crippen molar-refractivity contribution >= 4 is 0 Å². The van der Waals surface area contributed by atoms with E-state index in [9.17, 15) is 0 Å². The third-order valence-electron chi connectivity index (χ3n) is 2.04. The average Bonchev–Trinajstić information content (AvgIpc) is 1.80. The lowest BCUT2D eigenvalue weighted by Gasteiger charge is -2.15. The molecule has 1 rings (SSSR count). The zero-order chi connectivity index (χ0) is 6.85. The smallest absolute Gasteiger partial charge is 0.0194 e. The van der Waals surface area contributed by atoms with Gasteiger partial charge in [-0.25, -0.2) is 0 Å². The predicted molar refractivity (Wildman–Crippen MR) is 41.3 cm³/mol. The molecule has 0 radical (unpaired) electrons. The summed E-state index contributed by atoms with van der Waals surface area (Å²) in [6.07, 6.45) is 5.70. The molecule has 1 aliphatic carbocycles. The van der Waals surface area contributed by atoms with E-state index in [2.05, 4.69) is 32.9 Å². The largest absolute Gasteiger partial charge is 0.0727 e. The van der Waals surface area contributed by atoms with E-state index in [1.165, 1.54) is 17.6 Å². The van der Waals surface area contributed by atoms with Crippen LogP contribution < -0.4 is 0 Å². The Bertz CT molecular complexity index is 161. The van der Waals surface area contributed by atoms with E-state index in [1.807, 2.05) is 0 Å². The van der Waals surface area contributed by atoms with Crippen LogP contribution in [0.25, 0.3) is 0 Å². The van der Waals surface area contributed by atoms with Crippen LogP contribution in [0.3, 0.4) is 0 Å².